The van der Waals surface area contributed by atoms with Crippen LogP contribution in [0.2, 0.25) is 8.35 Å². The van der Waals surface area contributed by atoms with Crippen LogP contribution < -0.4 is 24.8 Å². The van der Waals surface area contributed by atoms with Gasteiger partial charge in [-0.3, -0.25) is 0 Å². The summed E-state index contributed by atoms with van der Waals surface area (Å²) in [6, 6.07) is 0. The summed E-state index contributed by atoms with van der Waals surface area (Å²) >= 11 is -2.14. The van der Waals surface area contributed by atoms with E-state index >= 15 is 0 Å². The van der Waals surface area contributed by atoms with Crippen LogP contribution in [0.4, 0.5) is 0 Å². The van der Waals surface area contributed by atoms with E-state index in [0.29, 0.717) is 0 Å². The Morgan fingerprint density at radius 2 is 1.24 bits per heavy atom. The van der Waals surface area contributed by atoms with Crippen LogP contribution >= 0.6 is 0 Å². The SMILES string of the molecule is CCCC1=[C]([Hf+2]2([C]3=C(CCC)C=CC3)[CH2][CH2]2)CC=C1.[Cl-].[Cl-]. The molecular weight excluding hydrogens is 466 g/mol. The van der Waals surface area contributed by atoms with Crippen molar-refractivity contribution in [2.24, 2.45) is 0 Å². The summed E-state index contributed by atoms with van der Waals surface area (Å²) in [6.45, 7) is 4.65. The zero-order valence-corrected chi connectivity index (χ0v) is 18.3. The van der Waals surface area contributed by atoms with E-state index in [1.165, 1.54) is 38.5 Å². The Morgan fingerprint density at radius 1 is 0.810 bits per heavy atom. The van der Waals surface area contributed by atoms with Gasteiger partial charge in [-0.15, -0.1) is 0 Å². The minimum atomic E-state index is -2.14. The second-order valence-electron chi connectivity index (χ2n) is 6.30. The fraction of sp³-hybridized carbons (Fsp3) is 0.556. The van der Waals surface area contributed by atoms with Crippen molar-refractivity contribution in [1.29, 1.82) is 0 Å². The molecule has 0 spiro atoms. The van der Waals surface area contributed by atoms with E-state index in [0.717, 1.165) is 0 Å². The smallest absolute Gasteiger partial charge is 1.00 e. The molecule has 0 saturated carbocycles. The Morgan fingerprint density at radius 3 is 1.57 bits per heavy atom. The van der Waals surface area contributed by atoms with E-state index in [9.17, 15) is 0 Å². The molecule has 116 valence electrons. The zero-order valence-electron chi connectivity index (χ0n) is 13.2. The average Bonchev–Trinajstić information content (AvgIpc) is 2.86. The molecule has 2 aliphatic carbocycles. The summed E-state index contributed by atoms with van der Waals surface area (Å²) in [4.78, 5) is 0. The van der Waals surface area contributed by atoms with Crippen LogP contribution in [-0.4, -0.2) is 0 Å². The van der Waals surface area contributed by atoms with E-state index in [1.807, 2.05) is 6.66 Å². The molecule has 1 saturated heterocycles. The zero-order chi connectivity index (χ0) is 13.3. The first-order chi connectivity index (χ1) is 9.31. The van der Waals surface area contributed by atoms with E-state index in [2.05, 4.69) is 38.2 Å². The van der Waals surface area contributed by atoms with Gasteiger partial charge >= 0.3 is 123 Å². The Bertz CT molecular complexity index is 451. The number of allylic oxidation sites excluding steroid dienone is 8. The minimum absolute atomic E-state index is 0. The first-order valence-electron chi connectivity index (χ1n) is 8.10. The molecule has 0 aromatic heterocycles. The van der Waals surface area contributed by atoms with Gasteiger partial charge in [0.1, 0.15) is 0 Å². The number of hydrogen-bond donors (Lipinski definition) is 0. The van der Waals surface area contributed by atoms with Crippen molar-refractivity contribution < 1.29 is 44.8 Å². The van der Waals surface area contributed by atoms with Gasteiger partial charge in [0.25, 0.3) is 0 Å². The van der Waals surface area contributed by atoms with Gasteiger partial charge in [0.2, 0.25) is 0 Å². The maximum atomic E-state index is 2.46. The predicted octanol–water partition coefficient (Wildman–Crippen LogP) is 0.0267. The van der Waals surface area contributed by atoms with Crippen LogP contribution in [0, 0.1) is 0 Å². The quantitative estimate of drug-likeness (QED) is 0.460. The maximum Gasteiger partial charge on any atom is -1.00 e. The molecule has 0 aromatic carbocycles. The fourth-order valence-electron chi connectivity index (χ4n) is 4.02. The number of halogens is 2. The van der Waals surface area contributed by atoms with Gasteiger partial charge in [0, 0.05) is 0 Å². The second-order valence-corrected chi connectivity index (χ2v) is 22.0. The van der Waals surface area contributed by atoms with Crippen LogP contribution in [0.3, 0.4) is 0 Å². The van der Waals surface area contributed by atoms with Crippen LogP contribution in [-0.2, 0) is 20.0 Å². The molecule has 0 radical (unpaired) electrons. The first-order valence-corrected chi connectivity index (χ1v) is 16.8. The third-order valence-corrected chi connectivity index (χ3v) is 22.5. The van der Waals surface area contributed by atoms with Gasteiger partial charge < -0.3 is 24.8 Å². The molecule has 0 bridgehead atoms. The molecular formula is C18H26Cl2Hf. The number of rotatable bonds is 6. The third kappa shape index (κ3) is 3.67. The topological polar surface area (TPSA) is 0 Å². The minimum Gasteiger partial charge on any atom is -1.00 e. The van der Waals surface area contributed by atoms with Crippen molar-refractivity contribution >= 4 is 0 Å². The fourth-order valence-corrected chi connectivity index (χ4v) is 27.5. The Balaban J connectivity index is 0.00000110. The largest absolute Gasteiger partial charge is 1.00 e. The third-order valence-electron chi connectivity index (χ3n) is 5.00. The average molecular weight is 492 g/mol. The Kier molecular flexibility index (Phi) is 7.70. The maximum absolute atomic E-state index is 2.46. The molecule has 1 aliphatic heterocycles. The van der Waals surface area contributed by atoms with Crippen molar-refractivity contribution in [3.05, 3.63) is 42.1 Å². The molecule has 0 unspecified atom stereocenters. The molecule has 0 aromatic rings. The van der Waals surface area contributed by atoms with Crippen molar-refractivity contribution in [2.45, 2.75) is 60.7 Å². The number of hydrogen-bond acceptors (Lipinski definition) is 0. The van der Waals surface area contributed by atoms with Crippen molar-refractivity contribution in [3.8, 4) is 0 Å². The van der Waals surface area contributed by atoms with Crippen molar-refractivity contribution in [2.75, 3.05) is 0 Å². The van der Waals surface area contributed by atoms with E-state index in [4.69, 9.17) is 0 Å². The first kappa shape index (κ1) is 19.5. The molecule has 0 atom stereocenters. The normalized spacial score (nSPS) is 20.1. The van der Waals surface area contributed by atoms with Gasteiger partial charge in [-0.2, -0.15) is 0 Å². The van der Waals surface area contributed by atoms with Gasteiger partial charge in [-0.1, -0.05) is 0 Å². The van der Waals surface area contributed by atoms with Gasteiger partial charge in [0.05, 0.1) is 0 Å². The summed E-state index contributed by atoms with van der Waals surface area (Å²) < 4.78 is 7.26. The molecule has 3 rings (SSSR count). The van der Waals surface area contributed by atoms with Crippen LogP contribution in [0.25, 0.3) is 0 Å². The van der Waals surface area contributed by atoms with Crippen LogP contribution in [0.5, 0.6) is 0 Å². The van der Waals surface area contributed by atoms with Crippen molar-refractivity contribution in [3.63, 3.8) is 0 Å². The molecule has 0 nitrogen and oxygen atoms in total. The van der Waals surface area contributed by atoms with Crippen LogP contribution in [0.15, 0.2) is 42.1 Å². The van der Waals surface area contributed by atoms with Gasteiger partial charge in [-0.25, -0.2) is 0 Å². The molecule has 1 heterocycles. The summed E-state index contributed by atoms with van der Waals surface area (Å²) in [6.07, 6.45) is 17.7. The monoisotopic (exact) mass is 492 g/mol. The second kappa shape index (κ2) is 8.32. The summed E-state index contributed by atoms with van der Waals surface area (Å²) in [7, 11) is 0. The molecule has 3 heteroatoms. The van der Waals surface area contributed by atoms with Crippen molar-refractivity contribution in [1.82, 2.24) is 0 Å². The van der Waals surface area contributed by atoms with Crippen LogP contribution in [0.1, 0.15) is 52.4 Å². The van der Waals surface area contributed by atoms with Gasteiger partial charge in [0.15, 0.2) is 0 Å². The summed E-state index contributed by atoms with van der Waals surface area (Å²) in [5.74, 6) is 0. The van der Waals surface area contributed by atoms with E-state index in [-0.39, 0.29) is 24.8 Å². The van der Waals surface area contributed by atoms with E-state index in [1.54, 1.807) is 19.5 Å². The van der Waals surface area contributed by atoms with Gasteiger partial charge in [-0.05, 0) is 0 Å². The Labute approximate surface area is 147 Å². The molecule has 0 N–H and O–H groups in total. The van der Waals surface area contributed by atoms with E-state index < -0.39 is 20.0 Å². The standard InChI is InChI=1S/2C8H11.C2H4.2ClH.Hf/c2*1-2-5-8-6-3-4-7-8;1-2;;;/h2*3,6H,2,4-5H2,1H3;1-2H2;2*1H;/q;;;;;+2/p-2. The molecule has 1 fully saturated rings. The predicted molar refractivity (Wildman–Crippen MR) is 81.0 cm³/mol. The summed E-state index contributed by atoms with van der Waals surface area (Å²) in [5.41, 5.74) is 3.52. The summed E-state index contributed by atoms with van der Waals surface area (Å²) in [5, 5.41) is 0. The Hall–Kier alpha value is 0.410. The molecule has 3 aliphatic rings. The molecule has 21 heavy (non-hydrogen) atoms. The molecule has 0 amide bonds.